The average Bonchev–Trinajstić information content (AvgIpc) is 2.72. The monoisotopic (exact) mass is 457 g/mol. The molecule has 0 spiro atoms. The molecule has 0 aliphatic carbocycles. The van der Waals surface area contributed by atoms with Crippen LogP contribution in [0.5, 0.6) is 0 Å². The highest BCUT2D eigenvalue weighted by Gasteiger charge is 2.46. The third kappa shape index (κ3) is 6.30. The predicted molar refractivity (Wildman–Crippen MR) is 115 cm³/mol. The van der Waals surface area contributed by atoms with Gasteiger partial charge in [-0.05, 0) is 52.4 Å². The number of nitrogens with zero attached hydrogens (tertiary/aromatic N) is 4. The van der Waals surface area contributed by atoms with Crippen LogP contribution in [0.15, 0.2) is 0 Å². The standard InChI is InChI=1S/C20H35N5O5S/c1-19(2,3)30-18(27)25-12-8-20(15-21,9-13-25)17(26)24-10-6-16(7-11-24)14-23(5)31(28,29)22-4/h16,22H,6-14H2,1-5H3. The molecule has 0 unspecified atom stereocenters. The largest absolute Gasteiger partial charge is 0.444 e. The lowest BCUT2D eigenvalue weighted by Gasteiger charge is -2.41. The van der Waals surface area contributed by atoms with Gasteiger partial charge in [0.15, 0.2) is 0 Å². The number of piperidine rings is 2. The number of carbonyl (C=O) groups is 2. The van der Waals surface area contributed by atoms with Crippen LogP contribution in [-0.4, -0.2) is 86.9 Å². The van der Waals surface area contributed by atoms with Crippen molar-refractivity contribution in [3.05, 3.63) is 0 Å². The summed E-state index contributed by atoms with van der Waals surface area (Å²) in [6, 6.07) is 2.23. The molecule has 11 heteroatoms. The van der Waals surface area contributed by atoms with E-state index in [0.29, 0.717) is 45.6 Å². The first kappa shape index (κ1) is 25.4. The van der Waals surface area contributed by atoms with Gasteiger partial charge in [-0.25, -0.2) is 9.52 Å². The number of carbonyl (C=O) groups excluding carboxylic acids is 2. The quantitative estimate of drug-likeness (QED) is 0.661. The zero-order chi connectivity index (χ0) is 23.4. The Balaban J connectivity index is 1.92. The summed E-state index contributed by atoms with van der Waals surface area (Å²) in [4.78, 5) is 28.7. The highest BCUT2D eigenvalue weighted by molar-refractivity contribution is 7.87. The Morgan fingerprint density at radius 2 is 1.71 bits per heavy atom. The first-order valence-corrected chi connectivity index (χ1v) is 12.1. The summed E-state index contributed by atoms with van der Waals surface area (Å²) in [5, 5.41) is 9.83. The third-order valence-electron chi connectivity index (χ3n) is 5.98. The lowest BCUT2D eigenvalue weighted by Crippen LogP contribution is -2.53. The van der Waals surface area contributed by atoms with Crippen LogP contribution >= 0.6 is 0 Å². The summed E-state index contributed by atoms with van der Waals surface area (Å²) in [6.45, 7) is 7.38. The molecule has 0 bridgehead atoms. The van der Waals surface area contributed by atoms with E-state index in [1.807, 2.05) is 0 Å². The Morgan fingerprint density at radius 1 is 1.16 bits per heavy atom. The molecular formula is C20H35N5O5S. The Hall–Kier alpha value is -1.90. The van der Waals surface area contributed by atoms with Crippen LogP contribution in [0, 0.1) is 22.7 Å². The number of likely N-dealkylation sites (tertiary alicyclic amines) is 2. The van der Waals surface area contributed by atoms with E-state index in [1.54, 1.807) is 30.6 Å². The number of ether oxygens (including phenoxy) is 1. The minimum absolute atomic E-state index is 0.157. The zero-order valence-corrected chi connectivity index (χ0v) is 20.0. The van der Waals surface area contributed by atoms with E-state index in [-0.39, 0.29) is 24.7 Å². The molecular weight excluding hydrogens is 422 g/mol. The molecule has 31 heavy (non-hydrogen) atoms. The molecule has 2 fully saturated rings. The summed E-state index contributed by atoms with van der Waals surface area (Å²) in [7, 11) is -0.553. The van der Waals surface area contributed by atoms with Crippen molar-refractivity contribution in [3.8, 4) is 6.07 Å². The van der Waals surface area contributed by atoms with Crippen molar-refractivity contribution in [3.63, 3.8) is 0 Å². The lowest BCUT2D eigenvalue weighted by atomic mass is 9.78. The third-order valence-corrected chi connectivity index (χ3v) is 7.46. The van der Waals surface area contributed by atoms with Crippen molar-refractivity contribution in [1.82, 2.24) is 18.8 Å². The Labute approximate surface area is 185 Å². The van der Waals surface area contributed by atoms with E-state index in [4.69, 9.17) is 4.74 Å². The summed E-state index contributed by atoms with van der Waals surface area (Å²) in [5.41, 5.74) is -1.72. The van der Waals surface area contributed by atoms with Gasteiger partial charge in [0.2, 0.25) is 5.91 Å². The van der Waals surface area contributed by atoms with Gasteiger partial charge in [0.1, 0.15) is 11.0 Å². The molecule has 2 aliphatic heterocycles. The van der Waals surface area contributed by atoms with Gasteiger partial charge < -0.3 is 14.5 Å². The molecule has 0 aromatic carbocycles. The normalized spacial score (nSPS) is 20.4. The van der Waals surface area contributed by atoms with Crippen molar-refractivity contribution >= 4 is 22.2 Å². The van der Waals surface area contributed by atoms with Crippen LogP contribution < -0.4 is 4.72 Å². The smallest absolute Gasteiger partial charge is 0.410 e. The summed E-state index contributed by atoms with van der Waals surface area (Å²) < 4.78 is 32.7. The van der Waals surface area contributed by atoms with Crippen molar-refractivity contribution < 1.29 is 22.7 Å². The van der Waals surface area contributed by atoms with E-state index in [9.17, 15) is 23.3 Å². The molecule has 0 atom stereocenters. The van der Waals surface area contributed by atoms with E-state index in [1.165, 1.54) is 18.4 Å². The van der Waals surface area contributed by atoms with Crippen LogP contribution in [0.4, 0.5) is 4.79 Å². The van der Waals surface area contributed by atoms with Gasteiger partial charge in [-0.1, -0.05) is 0 Å². The second-order valence-electron chi connectivity index (χ2n) is 9.39. The van der Waals surface area contributed by atoms with E-state index < -0.39 is 27.3 Å². The topological polar surface area (TPSA) is 123 Å². The molecule has 176 valence electrons. The molecule has 0 radical (unpaired) electrons. The second-order valence-corrected chi connectivity index (χ2v) is 11.4. The summed E-state index contributed by atoms with van der Waals surface area (Å²) >= 11 is 0. The number of amides is 2. The van der Waals surface area contributed by atoms with Crippen LogP contribution in [0.1, 0.15) is 46.5 Å². The van der Waals surface area contributed by atoms with Gasteiger partial charge in [0, 0.05) is 46.8 Å². The summed E-state index contributed by atoms with van der Waals surface area (Å²) in [5.74, 6) is -0.0299. The highest BCUT2D eigenvalue weighted by atomic mass is 32.2. The predicted octanol–water partition coefficient (Wildman–Crippen LogP) is 1.16. The van der Waals surface area contributed by atoms with Crippen molar-refractivity contribution in [2.24, 2.45) is 11.3 Å². The summed E-state index contributed by atoms with van der Waals surface area (Å²) in [6.07, 6.45) is 1.50. The SMILES string of the molecule is CNS(=O)(=O)N(C)CC1CCN(C(=O)C2(C#N)CCN(C(=O)OC(C)(C)C)CC2)CC1. The molecule has 2 amide bonds. The van der Waals surface area contributed by atoms with Gasteiger partial charge in [-0.3, -0.25) is 4.79 Å². The number of nitriles is 1. The van der Waals surface area contributed by atoms with E-state index in [0.717, 1.165) is 0 Å². The van der Waals surface area contributed by atoms with E-state index in [2.05, 4.69) is 10.8 Å². The van der Waals surface area contributed by atoms with Gasteiger partial charge in [-0.15, -0.1) is 0 Å². The van der Waals surface area contributed by atoms with Crippen LogP contribution in [-0.2, 0) is 19.7 Å². The first-order chi connectivity index (χ1) is 14.3. The number of nitrogens with one attached hydrogen (secondary N) is 1. The molecule has 2 rings (SSSR count). The van der Waals surface area contributed by atoms with Crippen LogP contribution in [0.25, 0.3) is 0 Å². The maximum absolute atomic E-state index is 13.2. The van der Waals surface area contributed by atoms with Gasteiger partial charge in [0.05, 0.1) is 6.07 Å². The van der Waals surface area contributed by atoms with Gasteiger partial charge in [-0.2, -0.15) is 18.0 Å². The number of hydrogen-bond donors (Lipinski definition) is 1. The number of hydrogen-bond acceptors (Lipinski definition) is 6. The van der Waals surface area contributed by atoms with Crippen molar-refractivity contribution in [2.45, 2.75) is 52.1 Å². The van der Waals surface area contributed by atoms with Crippen LogP contribution in [0.2, 0.25) is 0 Å². The van der Waals surface area contributed by atoms with Gasteiger partial charge in [0.25, 0.3) is 10.2 Å². The molecule has 10 nitrogen and oxygen atoms in total. The highest BCUT2D eigenvalue weighted by Crippen LogP contribution is 2.35. The Kier molecular flexibility index (Phi) is 7.94. The molecule has 0 aromatic heterocycles. The van der Waals surface area contributed by atoms with E-state index >= 15 is 0 Å². The first-order valence-electron chi connectivity index (χ1n) is 10.7. The minimum atomic E-state index is -3.46. The average molecular weight is 458 g/mol. The fourth-order valence-electron chi connectivity index (χ4n) is 4.01. The molecule has 2 heterocycles. The molecule has 1 N–H and O–H groups in total. The van der Waals surface area contributed by atoms with Crippen molar-refractivity contribution in [1.29, 1.82) is 5.26 Å². The van der Waals surface area contributed by atoms with Crippen molar-refractivity contribution in [2.75, 3.05) is 46.8 Å². The Morgan fingerprint density at radius 3 is 2.16 bits per heavy atom. The van der Waals surface area contributed by atoms with Gasteiger partial charge >= 0.3 is 6.09 Å². The minimum Gasteiger partial charge on any atom is -0.444 e. The fraction of sp³-hybridized carbons (Fsp3) is 0.850. The molecule has 0 aromatic rings. The Bertz CT molecular complexity index is 801. The molecule has 0 saturated carbocycles. The lowest BCUT2D eigenvalue weighted by molar-refractivity contribution is -0.142. The number of rotatable bonds is 5. The maximum Gasteiger partial charge on any atom is 0.410 e. The molecule has 2 saturated heterocycles. The zero-order valence-electron chi connectivity index (χ0n) is 19.2. The maximum atomic E-state index is 13.2. The molecule has 2 aliphatic rings. The second kappa shape index (κ2) is 9.71. The van der Waals surface area contributed by atoms with Crippen LogP contribution in [0.3, 0.4) is 0 Å². The fourth-order valence-corrected chi connectivity index (χ4v) is 4.73.